The van der Waals surface area contributed by atoms with Crippen LogP contribution in [0.5, 0.6) is 0 Å². The highest BCUT2D eigenvalue weighted by atomic mass is 19.1. The van der Waals surface area contributed by atoms with Crippen molar-refractivity contribution < 1.29 is 9.50 Å². The monoisotopic (exact) mass is 193 g/mol. The molecule has 1 aliphatic carbocycles. The van der Waals surface area contributed by atoms with Gasteiger partial charge < -0.3 is 5.11 Å². The molecular weight excluding hydrogens is 181 g/mol. The van der Waals surface area contributed by atoms with E-state index in [1.807, 2.05) is 6.08 Å². The second-order valence-electron chi connectivity index (χ2n) is 3.57. The highest BCUT2D eigenvalue weighted by Gasteiger charge is 2.30. The molecule has 0 bridgehead atoms. The van der Waals surface area contributed by atoms with Gasteiger partial charge in [-0.25, -0.2) is 4.39 Å². The third kappa shape index (κ3) is 1.55. The van der Waals surface area contributed by atoms with E-state index >= 15 is 0 Å². The Hall–Kier alpha value is -1.22. The van der Waals surface area contributed by atoms with Crippen LogP contribution in [-0.2, 0) is 5.60 Å². The van der Waals surface area contributed by atoms with Crippen LogP contribution < -0.4 is 0 Å². The van der Waals surface area contributed by atoms with Crippen molar-refractivity contribution in [2.45, 2.75) is 24.9 Å². The maximum absolute atomic E-state index is 13.4. The van der Waals surface area contributed by atoms with Crippen molar-refractivity contribution in [1.29, 1.82) is 0 Å². The van der Waals surface area contributed by atoms with E-state index in [0.717, 1.165) is 19.0 Å². The van der Waals surface area contributed by atoms with Gasteiger partial charge in [-0.2, -0.15) is 0 Å². The highest BCUT2D eigenvalue weighted by Crippen LogP contribution is 2.33. The van der Waals surface area contributed by atoms with E-state index in [9.17, 15) is 9.50 Å². The normalized spacial score (nSPS) is 26.4. The first-order valence-corrected chi connectivity index (χ1v) is 4.72. The quantitative estimate of drug-likeness (QED) is 0.693. The fourth-order valence-corrected chi connectivity index (χ4v) is 1.80. The van der Waals surface area contributed by atoms with Crippen molar-refractivity contribution in [3.8, 4) is 0 Å². The number of pyridine rings is 1. The first kappa shape index (κ1) is 9.34. The molecule has 1 heterocycles. The molecule has 0 fully saturated rings. The number of nitrogens with zero attached hydrogens (tertiary/aromatic N) is 1. The van der Waals surface area contributed by atoms with Gasteiger partial charge in [0.25, 0.3) is 0 Å². The lowest BCUT2D eigenvalue weighted by Gasteiger charge is -2.27. The van der Waals surface area contributed by atoms with Crippen molar-refractivity contribution >= 4 is 0 Å². The Morgan fingerprint density at radius 2 is 2.36 bits per heavy atom. The van der Waals surface area contributed by atoms with Gasteiger partial charge in [0.05, 0.1) is 6.20 Å². The summed E-state index contributed by atoms with van der Waals surface area (Å²) in [6.07, 6.45) is 8.61. The third-order valence-electron chi connectivity index (χ3n) is 2.56. The van der Waals surface area contributed by atoms with Gasteiger partial charge >= 0.3 is 0 Å². The van der Waals surface area contributed by atoms with Crippen molar-refractivity contribution in [2.75, 3.05) is 0 Å². The molecule has 0 saturated carbocycles. The Kier molecular flexibility index (Phi) is 2.33. The summed E-state index contributed by atoms with van der Waals surface area (Å²) in [5.74, 6) is -0.443. The molecule has 0 saturated heterocycles. The minimum Gasteiger partial charge on any atom is -0.381 e. The van der Waals surface area contributed by atoms with E-state index in [0.29, 0.717) is 12.0 Å². The Morgan fingerprint density at radius 1 is 1.50 bits per heavy atom. The van der Waals surface area contributed by atoms with E-state index in [1.165, 1.54) is 12.3 Å². The molecule has 1 aromatic rings. The van der Waals surface area contributed by atoms with Gasteiger partial charge in [-0.15, -0.1) is 0 Å². The van der Waals surface area contributed by atoms with Crippen molar-refractivity contribution in [1.82, 2.24) is 4.98 Å². The number of hydrogen-bond acceptors (Lipinski definition) is 2. The van der Waals surface area contributed by atoms with Gasteiger partial charge in [0.1, 0.15) is 11.4 Å². The van der Waals surface area contributed by atoms with E-state index < -0.39 is 11.4 Å². The zero-order chi connectivity index (χ0) is 10.0. The van der Waals surface area contributed by atoms with Gasteiger partial charge in [0.2, 0.25) is 0 Å². The molecule has 1 aliphatic rings. The van der Waals surface area contributed by atoms with Crippen LogP contribution in [0.2, 0.25) is 0 Å². The van der Waals surface area contributed by atoms with Gasteiger partial charge in [-0.1, -0.05) is 12.2 Å². The predicted octanol–water partition coefficient (Wildman–Crippen LogP) is 2.15. The molecule has 0 amide bonds. The average molecular weight is 193 g/mol. The van der Waals surface area contributed by atoms with Gasteiger partial charge in [0, 0.05) is 11.8 Å². The van der Waals surface area contributed by atoms with E-state index in [2.05, 4.69) is 4.98 Å². The Balaban J connectivity index is 2.43. The van der Waals surface area contributed by atoms with Crippen LogP contribution >= 0.6 is 0 Å². The Morgan fingerprint density at radius 3 is 3.00 bits per heavy atom. The summed E-state index contributed by atoms with van der Waals surface area (Å²) < 4.78 is 13.4. The lowest BCUT2D eigenvalue weighted by molar-refractivity contribution is 0.0686. The van der Waals surface area contributed by atoms with E-state index in [1.54, 1.807) is 6.08 Å². The fraction of sp³-hybridized carbons (Fsp3) is 0.364. The topological polar surface area (TPSA) is 33.1 Å². The molecule has 0 aromatic carbocycles. The molecule has 1 atom stereocenters. The number of allylic oxidation sites excluding steroid dienone is 1. The lowest BCUT2D eigenvalue weighted by Crippen LogP contribution is -2.26. The Labute approximate surface area is 82.1 Å². The molecule has 3 heteroatoms. The molecule has 2 nitrogen and oxygen atoms in total. The smallest absolute Gasteiger partial charge is 0.147 e. The van der Waals surface area contributed by atoms with Crippen molar-refractivity contribution in [3.63, 3.8) is 0 Å². The molecule has 1 N–H and O–H groups in total. The van der Waals surface area contributed by atoms with Crippen LogP contribution in [0.15, 0.2) is 30.6 Å². The maximum Gasteiger partial charge on any atom is 0.147 e. The SMILES string of the molecule is OC1(c2ccncc2F)C=CCCC1. The van der Waals surface area contributed by atoms with Gasteiger partial charge in [0.15, 0.2) is 0 Å². The second-order valence-corrected chi connectivity index (χ2v) is 3.57. The number of halogens is 1. The highest BCUT2D eigenvalue weighted by molar-refractivity contribution is 5.27. The van der Waals surface area contributed by atoms with Crippen LogP contribution in [0.25, 0.3) is 0 Å². The molecule has 74 valence electrons. The van der Waals surface area contributed by atoms with Crippen LogP contribution in [-0.4, -0.2) is 10.1 Å². The van der Waals surface area contributed by atoms with Crippen molar-refractivity contribution in [3.05, 3.63) is 42.0 Å². The standard InChI is InChI=1S/C11H12FNO/c12-10-8-13-7-4-9(10)11(14)5-2-1-3-6-11/h2,4-5,7-8,14H,1,3,6H2. The van der Waals surface area contributed by atoms with Crippen LogP contribution in [0, 0.1) is 5.82 Å². The summed E-state index contributed by atoms with van der Waals surface area (Å²) >= 11 is 0. The predicted molar refractivity (Wildman–Crippen MR) is 51.1 cm³/mol. The number of rotatable bonds is 1. The van der Waals surface area contributed by atoms with E-state index in [4.69, 9.17) is 0 Å². The van der Waals surface area contributed by atoms with Crippen molar-refractivity contribution in [2.24, 2.45) is 0 Å². The number of hydrogen-bond donors (Lipinski definition) is 1. The number of aliphatic hydroxyl groups is 1. The average Bonchev–Trinajstić information content (AvgIpc) is 2.19. The lowest BCUT2D eigenvalue weighted by atomic mass is 9.85. The third-order valence-corrected chi connectivity index (χ3v) is 2.56. The number of aromatic nitrogens is 1. The molecule has 1 aromatic heterocycles. The van der Waals surface area contributed by atoms with E-state index in [-0.39, 0.29) is 0 Å². The molecule has 0 spiro atoms. The van der Waals surface area contributed by atoms with Gasteiger partial charge in [-0.3, -0.25) is 4.98 Å². The zero-order valence-electron chi connectivity index (χ0n) is 7.78. The maximum atomic E-state index is 13.4. The molecule has 0 aliphatic heterocycles. The summed E-state index contributed by atoms with van der Waals surface area (Å²) in [5.41, 5.74) is -0.811. The van der Waals surface area contributed by atoms with Gasteiger partial charge in [-0.05, 0) is 25.3 Å². The molecule has 2 rings (SSSR count). The summed E-state index contributed by atoms with van der Waals surface area (Å²) in [5, 5.41) is 10.2. The fourth-order valence-electron chi connectivity index (χ4n) is 1.80. The first-order chi connectivity index (χ1) is 6.72. The largest absolute Gasteiger partial charge is 0.381 e. The minimum absolute atomic E-state index is 0.323. The van der Waals surface area contributed by atoms with Crippen LogP contribution in [0.3, 0.4) is 0 Å². The summed E-state index contributed by atoms with van der Waals surface area (Å²) in [7, 11) is 0. The summed E-state index contributed by atoms with van der Waals surface area (Å²) in [4.78, 5) is 3.66. The molecule has 0 radical (unpaired) electrons. The molecule has 14 heavy (non-hydrogen) atoms. The second kappa shape index (κ2) is 3.50. The first-order valence-electron chi connectivity index (χ1n) is 4.72. The van der Waals surface area contributed by atoms with Crippen LogP contribution in [0.1, 0.15) is 24.8 Å². The summed E-state index contributed by atoms with van der Waals surface area (Å²) in [6, 6.07) is 1.53. The summed E-state index contributed by atoms with van der Waals surface area (Å²) in [6.45, 7) is 0. The zero-order valence-corrected chi connectivity index (χ0v) is 7.78. The minimum atomic E-state index is -1.13. The van der Waals surface area contributed by atoms with Crippen LogP contribution in [0.4, 0.5) is 4.39 Å². The molecular formula is C11H12FNO. The molecule has 1 unspecified atom stereocenters. The Bertz CT molecular complexity index is 364.